The van der Waals surface area contributed by atoms with Gasteiger partial charge in [0.15, 0.2) is 6.10 Å². The summed E-state index contributed by atoms with van der Waals surface area (Å²) in [5, 5.41) is 0. The molecule has 0 rings (SSSR count). The third-order valence-corrected chi connectivity index (χ3v) is 9.69. The Balaban J connectivity index is 4.51. The minimum atomic E-state index is -0.815. The molecule has 0 fully saturated rings. The van der Waals surface area contributed by atoms with E-state index in [4.69, 9.17) is 14.2 Å². The lowest BCUT2D eigenvalue weighted by Gasteiger charge is -2.18. The molecule has 0 aliphatic heterocycles. The second kappa shape index (κ2) is 47.0. The molecule has 0 bridgehead atoms. The Hall–Kier alpha value is -3.67. The SMILES string of the molecule is CC\C=C/C=C\C=C/CCCCCCCCCC(=O)OCC(COC(=O)CC/C=C\C/C=C\CCCCCCCC)OC(=O)CCCCCCC\C=C/C=C\C=C/CC. The summed E-state index contributed by atoms with van der Waals surface area (Å²) in [6, 6.07) is 0. The summed E-state index contributed by atoms with van der Waals surface area (Å²) >= 11 is 0. The van der Waals surface area contributed by atoms with E-state index in [9.17, 15) is 14.4 Å². The van der Waals surface area contributed by atoms with Crippen LogP contribution < -0.4 is 0 Å². The van der Waals surface area contributed by atoms with Crippen molar-refractivity contribution in [2.24, 2.45) is 0 Å². The zero-order valence-corrected chi connectivity index (χ0v) is 38.0. The van der Waals surface area contributed by atoms with Crippen molar-refractivity contribution in [1.29, 1.82) is 0 Å². The van der Waals surface area contributed by atoms with Gasteiger partial charge in [-0.25, -0.2) is 0 Å². The van der Waals surface area contributed by atoms with Crippen LogP contribution in [-0.4, -0.2) is 37.2 Å². The highest BCUT2D eigenvalue weighted by Gasteiger charge is 2.19. The maximum atomic E-state index is 12.7. The van der Waals surface area contributed by atoms with Gasteiger partial charge in [0.05, 0.1) is 0 Å². The lowest BCUT2D eigenvalue weighted by atomic mass is 10.1. The Morgan fingerprint density at radius 1 is 0.373 bits per heavy atom. The van der Waals surface area contributed by atoms with Crippen molar-refractivity contribution in [2.75, 3.05) is 13.2 Å². The van der Waals surface area contributed by atoms with Crippen LogP contribution >= 0.6 is 0 Å². The molecule has 0 heterocycles. The van der Waals surface area contributed by atoms with Crippen LogP contribution in [0.4, 0.5) is 0 Å². The summed E-state index contributed by atoms with van der Waals surface area (Å²) in [5.41, 5.74) is 0. The van der Waals surface area contributed by atoms with E-state index in [1.54, 1.807) is 0 Å². The molecule has 0 saturated carbocycles. The van der Waals surface area contributed by atoms with Gasteiger partial charge in [-0.15, -0.1) is 0 Å². The Bertz CT molecular complexity index is 1220. The first-order chi connectivity index (χ1) is 29.0. The molecule has 334 valence electrons. The molecule has 59 heavy (non-hydrogen) atoms. The van der Waals surface area contributed by atoms with Gasteiger partial charge in [-0.1, -0.05) is 201 Å². The largest absolute Gasteiger partial charge is 0.462 e. The predicted molar refractivity (Wildman–Crippen MR) is 251 cm³/mol. The number of unbranched alkanes of at least 4 members (excludes halogenated alkanes) is 18. The van der Waals surface area contributed by atoms with E-state index in [1.807, 2.05) is 12.2 Å². The van der Waals surface area contributed by atoms with Crippen molar-refractivity contribution in [1.82, 2.24) is 0 Å². The number of carbonyl (C=O) groups excluding carboxylic acids is 3. The van der Waals surface area contributed by atoms with Gasteiger partial charge in [-0.05, 0) is 77.0 Å². The topological polar surface area (TPSA) is 78.9 Å². The van der Waals surface area contributed by atoms with Crippen LogP contribution in [0.1, 0.15) is 201 Å². The van der Waals surface area contributed by atoms with Crippen molar-refractivity contribution in [2.45, 2.75) is 207 Å². The molecule has 0 aromatic rings. The fourth-order valence-corrected chi connectivity index (χ4v) is 6.14. The number of hydrogen-bond acceptors (Lipinski definition) is 6. The second-order valence-corrected chi connectivity index (χ2v) is 15.4. The molecule has 0 aliphatic carbocycles. The lowest BCUT2D eigenvalue weighted by Crippen LogP contribution is -2.30. The highest BCUT2D eigenvalue weighted by Crippen LogP contribution is 2.13. The van der Waals surface area contributed by atoms with Crippen LogP contribution in [0.15, 0.2) is 97.2 Å². The first-order valence-corrected chi connectivity index (χ1v) is 23.8. The number of hydrogen-bond donors (Lipinski definition) is 0. The van der Waals surface area contributed by atoms with Crippen molar-refractivity contribution in [3.8, 4) is 0 Å². The Morgan fingerprint density at radius 3 is 1.25 bits per heavy atom. The zero-order chi connectivity index (χ0) is 43.0. The van der Waals surface area contributed by atoms with E-state index in [0.29, 0.717) is 12.8 Å². The van der Waals surface area contributed by atoms with Gasteiger partial charge in [0, 0.05) is 19.3 Å². The Labute approximate surface area is 362 Å². The predicted octanol–water partition coefficient (Wildman–Crippen LogP) is 15.4. The molecular weight excluding hydrogens is 733 g/mol. The molecular formula is C53H86O6. The fraction of sp³-hybridized carbons (Fsp3) is 0.642. The van der Waals surface area contributed by atoms with E-state index in [0.717, 1.165) is 89.9 Å². The van der Waals surface area contributed by atoms with Crippen LogP contribution in [0, 0.1) is 0 Å². The van der Waals surface area contributed by atoms with Gasteiger partial charge in [-0.3, -0.25) is 14.4 Å². The maximum Gasteiger partial charge on any atom is 0.306 e. The Morgan fingerprint density at radius 2 is 0.763 bits per heavy atom. The van der Waals surface area contributed by atoms with Crippen LogP contribution in [0.3, 0.4) is 0 Å². The summed E-state index contributed by atoms with van der Waals surface area (Å²) in [6.45, 7) is 6.26. The molecule has 0 spiro atoms. The second-order valence-electron chi connectivity index (χ2n) is 15.4. The maximum absolute atomic E-state index is 12.7. The summed E-state index contributed by atoms with van der Waals surface area (Å²) in [6.07, 6.45) is 61.1. The van der Waals surface area contributed by atoms with Crippen LogP contribution in [0.5, 0.6) is 0 Å². The highest BCUT2D eigenvalue weighted by atomic mass is 16.6. The van der Waals surface area contributed by atoms with Gasteiger partial charge in [0.1, 0.15) is 13.2 Å². The molecule has 0 saturated heterocycles. The zero-order valence-electron chi connectivity index (χ0n) is 38.0. The molecule has 1 atom stereocenters. The van der Waals surface area contributed by atoms with Crippen molar-refractivity contribution >= 4 is 17.9 Å². The molecule has 0 aromatic carbocycles. The van der Waals surface area contributed by atoms with Crippen LogP contribution in [0.25, 0.3) is 0 Å². The molecule has 0 radical (unpaired) electrons. The number of ether oxygens (including phenoxy) is 3. The molecule has 0 aliphatic rings. The van der Waals surface area contributed by atoms with E-state index >= 15 is 0 Å². The van der Waals surface area contributed by atoms with E-state index in [1.165, 1.54) is 64.2 Å². The normalized spacial score (nSPS) is 12.9. The van der Waals surface area contributed by atoms with E-state index < -0.39 is 6.10 Å². The lowest BCUT2D eigenvalue weighted by molar-refractivity contribution is -0.166. The fourth-order valence-electron chi connectivity index (χ4n) is 6.14. The van der Waals surface area contributed by atoms with E-state index in [2.05, 4.69) is 106 Å². The number of carbonyl (C=O) groups is 3. The minimum Gasteiger partial charge on any atom is -0.462 e. The number of rotatable bonds is 41. The molecule has 1 unspecified atom stereocenters. The van der Waals surface area contributed by atoms with Gasteiger partial charge in [-0.2, -0.15) is 0 Å². The smallest absolute Gasteiger partial charge is 0.306 e. The van der Waals surface area contributed by atoms with Gasteiger partial charge >= 0.3 is 17.9 Å². The molecule has 0 aromatic heterocycles. The van der Waals surface area contributed by atoms with Gasteiger partial charge in [0.2, 0.25) is 0 Å². The van der Waals surface area contributed by atoms with Gasteiger partial charge < -0.3 is 14.2 Å². The van der Waals surface area contributed by atoms with Crippen LogP contribution in [-0.2, 0) is 28.6 Å². The minimum absolute atomic E-state index is 0.111. The molecule has 6 nitrogen and oxygen atoms in total. The summed E-state index contributed by atoms with van der Waals surface area (Å²) in [4.78, 5) is 37.8. The summed E-state index contributed by atoms with van der Waals surface area (Å²) < 4.78 is 16.7. The van der Waals surface area contributed by atoms with Crippen LogP contribution in [0.2, 0.25) is 0 Å². The first kappa shape index (κ1) is 55.3. The third kappa shape index (κ3) is 45.3. The number of esters is 3. The van der Waals surface area contributed by atoms with Crippen molar-refractivity contribution in [3.63, 3.8) is 0 Å². The molecule has 0 N–H and O–H groups in total. The first-order valence-electron chi connectivity index (χ1n) is 23.8. The Kier molecular flexibility index (Phi) is 44.1. The summed E-state index contributed by atoms with van der Waals surface area (Å²) in [7, 11) is 0. The average Bonchev–Trinajstić information content (AvgIpc) is 3.23. The van der Waals surface area contributed by atoms with Crippen molar-refractivity contribution < 1.29 is 28.6 Å². The van der Waals surface area contributed by atoms with Crippen molar-refractivity contribution in [3.05, 3.63) is 97.2 Å². The monoisotopic (exact) mass is 819 g/mol. The summed E-state index contributed by atoms with van der Waals surface area (Å²) in [5.74, 6) is -1.02. The molecule has 6 heteroatoms. The average molecular weight is 819 g/mol. The third-order valence-electron chi connectivity index (χ3n) is 9.69. The quantitative estimate of drug-likeness (QED) is 0.0201. The number of allylic oxidation sites excluding steroid dienone is 16. The highest BCUT2D eigenvalue weighted by molar-refractivity contribution is 5.71. The van der Waals surface area contributed by atoms with E-state index in [-0.39, 0.29) is 44.0 Å². The van der Waals surface area contributed by atoms with Gasteiger partial charge in [0.25, 0.3) is 0 Å². The standard InChI is InChI=1S/C53H86O6/c1-4-7-10-13-16-19-22-25-26-29-31-34-37-40-43-46-52(55)58-49-50(59-53(56)47-44-41-38-35-32-28-24-21-18-15-12-9-6-3)48-57-51(54)45-42-39-36-33-30-27-23-20-17-14-11-8-5-2/h7,9-10,12-13,15-16,18-19,21-22,24,27,30,36,39,50H,4-6,8,11,14,17,20,23,25-26,28-29,31-35,37-38,40-49H2,1-3H3/b10-7-,12-9-,16-13-,18-15-,22-19-,24-21-,30-27-,39-36-. The molecule has 0 amide bonds.